The number of nitrogens with two attached hydrogens (primary N) is 1. The molecule has 4 heteroatoms. The fraction of sp³-hybridized carbons (Fsp3) is 0.588. The van der Waals surface area contributed by atoms with Gasteiger partial charge >= 0.3 is 0 Å². The first-order valence-corrected chi connectivity index (χ1v) is 8.49. The lowest BCUT2D eigenvalue weighted by Gasteiger charge is -2.35. The molecule has 0 aromatic carbocycles. The van der Waals surface area contributed by atoms with Gasteiger partial charge in [0.05, 0.1) is 21.6 Å². The van der Waals surface area contributed by atoms with E-state index in [-0.39, 0.29) is 11.5 Å². The van der Waals surface area contributed by atoms with Crippen LogP contribution in [-0.4, -0.2) is 9.55 Å². The minimum absolute atomic E-state index is 0.168. The predicted molar refractivity (Wildman–Crippen MR) is 88.9 cm³/mol. The third-order valence-corrected chi connectivity index (χ3v) is 5.86. The fourth-order valence-corrected chi connectivity index (χ4v) is 4.66. The second-order valence-electron chi connectivity index (χ2n) is 7.14. The van der Waals surface area contributed by atoms with Crippen molar-refractivity contribution in [2.45, 2.75) is 59.5 Å². The molecule has 2 N–H and O–H groups in total. The first-order chi connectivity index (χ1) is 9.78. The molecule has 2 unspecified atom stereocenters. The molecular weight excluding hydrogens is 278 g/mol. The monoisotopic (exact) mass is 303 g/mol. The lowest BCUT2D eigenvalue weighted by molar-refractivity contribution is 0.274. The maximum Gasteiger partial charge on any atom is 0.0900 e. The van der Waals surface area contributed by atoms with E-state index in [9.17, 15) is 0 Å². The van der Waals surface area contributed by atoms with E-state index in [1.54, 1.807) is 0 Å². The minimum atomic E-state index is 0.168. The highest BCUT2D eigenvalue weighted by molar-refractivity contribution is 7.11. The Kier molecular flexibility index (Phi) is 3.49. The van der Waals surface area contributed by atoms with Gasteiger partial charge in [-0.15, -0.1) is 11.3 Å². The Hall–Kier alpha value is -1.13. The molecule has 0 aliphatic heterocycles. The van der Waals surface area contributed by atoms with Gasteiger partial charge in [-0.25, -0.2) is 4.98 Å². The van der Waals surface area contributed by atoms with E-state index in [0.717, 1.165) is 23.5 Å². The second kappa shape index (κ2) is 4.96. The van der Waals surface area contributed by atoms with Gasteiger partial charge in [-0.1, -0.05) is 13.8 Å². The fourth-order valence-electron chi connectivity index (χ4n) is 3.68. The summed E-state index contributed by atoms with van der Waals surface area (Å²) in [7, 11) is 0. The number of aryl methyl sites for hydroxylation is 2. The third-order valence-electron chi connectivity index (χ3n) is 4.61. The largest absolute Gasteiger partial charge is 0.343 e. The van der Waals surface area contributed by atoms with Gasteiger partial charge in [-0.3, -0.25) is 0 Å². The Balaban J connectivity index is 2.03. The van der Waals surface area contributed by atoms with Crippen LogP contribution < -0.4 is 5.73 Å². The Morgan fingerprint density at radius 2 is 2.14 bits per heavy atom. The summed E-state index contributed by atoms with van der Waals surface area (Å²) in [5, 5.41) is 1.15. The predicted octanol–water partition coefficient (Wildman–Crippen LogP) is 4.14. The van der Waals surface area contributed by atoms with Gasteiger partial charge in [-0.05, 0) is 50.7 Å². The molecular formula is C17H25N3S. The molecule has 114 valence electrons. The van der Waals surface area contributed by atoms with Crippen molar-refractivity contribution in [3.8, 4) is 0 Å². The molecule has 0 amide bonds. The van der Waals surface area contributed by atoms with E-state index in [1.807, 2.05) is 11.3 Å². The molecule has 1 aliphatic rings. The summed E-state index contributed by atoms with van der Waals surface area (Å²) in [4.78, 5) is 5.94. The summed E-state index contributed by atoms with van der Waals surface area (Å²) in [5.74, 6) is 0. The van der Waals surface area contributed by atoms with E-state index in [2.05, 4.69) is 56.4 Å². The topological polar surface area (TPSA) is 43.8 Å². The highest BCUT2D eigenvalue weighted by Crippen LogP contribution is 2.42. The van der Waals surface area contributed by atoms with E-state index in [0.29, 0.717) is 6.04 Å². The van der Waals surface area contributed by atoms with Gasteiger partial charge in [0.2, 0.25) is 0 Å². The van der Waals surface area contributed by atoms with Gasteiger partial charge in [0.15, 0.2) is 0 Å². The van der Waals surface area contributed by atoms with E-state index in [1.165, 1.54) is 16.1 Å². The summed E-state index contributed by atoms with van der Waals surface area (Å²) in [6.07, 6.45) is 4.38. The van der Waals surface area contributed by atoms with Crippen LogP contribution in [0.5, 0.6) is 0 Å². The van der Waals surface area contributed by atoms with Crippen LogP contribution in [-0.2, 0) is 6.42 Å². The van der Waals surface area contributed by atoms with Crippen molar-refractivity contribution in [1.82, 2.24) is 9.55 Å². The smallest absolute Gasteiger partial charge is 0.0900 e. The zero-order chi connectivity index (χ0) is 15.4. The molecule has 3 rings (SSSR count). The minimum Gasteiger partial charge on any atom is -0.343 e. The first-order valence-electron chi connectivity index (χ1n) is 7.67. The van der Waals surface area contributed by atoms with Crippen LogP contribution in [0.4, 0.5) is 0 Å². The standard InChI is InChI=1S/C17H25N3S/c1-10-16(21-12(3)19-10)11(2)20-7-6-13-14(18)8-17(4,5)9-15(13)20/h6-7,11,14H,8-9,18H2,1-5H3. The van der Waals surface area contributed by atoms with Crippen molar-refractivity contribution in [2.75, 3.05) is 0 Å². The molecule has 2 atom stereocenters. The normalized spacial score (nSPS) is 22.1. The van der Waals surface area contributed by atoms with Gasteiger partial charge in [0.25, 0.3) is 0 Å². The highest BCUT2D eigenvalue weighted by atomic mass is 32.1. The van der Waals surface area contributed by atoms with Crippen molar-refractivity contribution in [2.24, 2.45) is 11.1 Å². The maximum atomic E-state index is 6.39. The number of thiazole rings is 1. The van der Waals surface area contributed by atoms with Crippen LogP contribution in [0, 0.1) is 19.3 Å². The molecule has 2 aromatic rings. The molecule has 0 spiro atoms. The molecule has 0 radical (unpaired) electrons. The van der Waals surface area contributed by atoms with Gasteiger partial charge in [-0.2, -0.15) is 0 Å². The quantitative estimate of drug-likeness (QED) is 0.906. The number of hydrogen-bond acceptors (Lipinski definition) is 3. The number of aromatic nitrogens is 2. The third kappa shape index (κ3) is 2.55. The lowest BCUT2D eigenvalue weighted by Crippen LogP contribution is -2.31. The van der Waals surface area contributed by atoms with Crippen LogP contribution in [0.25, 0.3) is 0 Å². The molecule has 1 aliphatic carbocycles. The average Bonchev–Trinajstić information content (AvgIpc) is 2.90. The maximum absolute atomic E-state index is 6.39. The summed E-state index contributed by atoms with van der Waals surface area (Å²) in [6, 6.07) is 2.72. The van der Waals surface area contributed by atoms with E-state index < -0.39 is 0 Å². The van der Waals surface area contributed by atoms with Crippen LogP contribution in [0.2, 0.25) is 0 Å². The van der Waals surface area contributed by atoms with Crippen molar-refractivity contribution >= 4 is 11.3 Å². The molecule has 0 bridgehead atoms. The van der Waals surface area contributed by atoms with Gasteiger partial charge in [0.1, 0.15) is 0 Å². The Bertz CT molecular complexity index is 666. The SMILES string of the molecule is Cc1nc(C)c(C(C)n2ccc3c2CC(C)(C)CC3N)s1. The molecule has 3 nitrogen and oxygen atoms in total. The van der Waals surface area contributed by atoms with E-state index in [4.69, 9.17) is 5.73 Å². The zero-order valence-corrected chi connectivity index (χ0v) is 14.4. The Morgan fingerprint density at radius 3 is 2.76 bits per heavy atom. The van der Waals surface area contributed by atoms with Crippen molar-refractivity contribution in [3.63, 3.8) is 0 Å². The Morgan fingerprint density at radius 1 is 1.43 bits per heavy atom. The van der Waals surface area contributed by atoms with Gasteiger partial charge < -0.3 is 10.3 Å². The number of fused-ring (bicyclic) bond motifs is 1. The lowest BCUT2D eigenvalue weighted by atomic mass is 9.74. The zero-order valence-electron chi connectivity index (χ0n) is 13.6. The Labute approximate surface area is 131 Å². The molecule has 0 saturated heterocycles. The molecule has 2 heterocycles. The summed E-state index contributed by atoms with van der Waals surface area (Å²) >= 11 is 1.81. The molecule has 0 saturated carbocycles. The summed E-state index contributed by atoms with van der Waals surface area (Å²) in [5.41, 5.74) is 10.6. The van der Waals surface area contributed by atoms with Crippen LogP contribution >= 0.6 is 11.3 Å². The number of nitrogens with zero attached hydrogens (tertiary/aromatic N) is 2. The van der Waals surface area contributed by atoms with E-state index >= 15 is 0 Å². The van der Waals surface area contributed by atoms with Gasteiger partial charge in [0, 0.05) is 17.9 Å². The average molecular weight is 303 g/mol. The number of rotatable bonds is 2. The van der Waals surface area contributed by atoms with Crippen molar-refractivity contribution < 1.29 is 0 Å². The van der Waals surface area contributed by atoms with Crippen molar-refractivity contribution in [3.05, 3.63) is 39.1 Å². The highest BCUT2D eigenvalue weighted by Gasteiger charge is 2.33. The summed E-state index contributed by atoms with van der Waals surface area (Å²) in [6.45, 7) is 11.1. The molecule has 0 fully saturated rings. The number of hydrogen-bond donors (Lipinski definition) is 1. The second-order valence-corrected chi connectivity index (χ2v) is 8.37. The summed E-state index contributed by atoms with van der Waals surface area (Å²) < 4.78 is 2.41. The molecule has 2 aromatic heterocycles. The van der Waals surface area contributed by atoms with Crippen LogP contribution in [0.15, 0.2) is 12.3 Å². The van der Waals surface area contributed by atoms with Crippen molar-refractivity contribution in [1.29, 1.82) is 0 Å². The van der Waals surface area contributed by atoms with Crippen LogP contribution in [0.3, 0.4) is 0 Å². The van der Waals surface area contributed by atoms with Crippen LogP contribution in [0.1, 0.15) is 66.1 Å². The molecule has 21 heavy (non-hydrogen) atoms. The first kappa shape index (κ1) is 14.8.